The Hall–Kier alpha value is -6.37. The fraction of sp³-hybridized carbons (Fsp3) is 0. The molecule has 9 rings (SSSR count). The summed E-state index contributed by atoms with van der Waals surface area (Å²) in [4.78, 5) is 10.1. The van der Waals surface area contributed by atoms with Crippen molar-refractivity contribution < 1.29 is 0 Å². The maximum Gasteiger partial charge on any atom is 0.0991 e. The monoisotopic (exact) mass is 583 g/mol. The van der Waals surface area contributed by atoms with Gasteiger partial charge in [0.05, 0.1) is 28.2 Å². The fourth-order valence-corrected chi connectivity index (χ4v) is 6.86. The van der Waals surface area contributed by atoms with Gasteiger partial charge in [0.15, 0.2) is 0 Å². The Morgan fingerprint density at radius 2 is 1.00 bits per heavy atom. The molecule has 0 fully saturated rings. The average molecular weight is 584 g/mol. The Labute approximate surface area is 265 Å². The van der Waals surface area contributed by atoms with Crippen molar-refractivity contribution in [1.29, 1.82) is 5.26 Å². The van der Waals surface area contributed by atoms with Crippen molar-refractivity contribution in [2.75, 3.05) is 0 Å². The minimum Gasteiger partial charge on any atom is -0.254 e. The first-order chi connectivity index (χ1) is 22.7. The van der Waals surface area contributed by atoms with Crippen LogP contribution in [-0.2, 0) is 0 Å². The van der Waals surface area contributed by atoms with Crippen LogP contribution in [0.1, 0.15) is 5.56 Å². The zero-order valence-electron chi connectivity index (χ0n) is 24.8. The van der Waals surface area contributed by atoms with Crippen molar-refractivity contribution in [3.63, 3.8) is 0 Å². The van der Waals surface area contributed by atoms with Gasteiger partial charge in [-0.25, -0.2) is 4.98 Å². The van der Waals surface area contributed by atoms with Gasteiger partial charge in [-0.1, -0.05) is 115 Å². The van der Waals surface area contributed by atoms with Crippen molar-refractivity contribution in [2.24, 2.45) is 0 Å². The summed E-state index contributed by atoms with van der Waals surface area (Å²) in [5.74, 6) is 0. The number of aromatic nitrogens is 2. The summed E-state index contributed by atoms with van der Waals surface area (Å²) in [6, 6.07) is 53.3. The molecule has 2 aromatic heterocycles. The average Bonchev–Trinajstić information content (AvgIpc) is 3.13. The Bertz CT molecular complexity index is 2680. The van der Waals surface area contributed by atoms with Gasteiger partial charge in [-0.15, -0.1) is 0 Å². The van der Waals surface area contributed by atoms with Crippen molar-refractivity contribution in [1.82, 2.24) is 9.97 Å². The number of benzene rings is 7. The zero-order chi connectivity index (χ0) is 30.6. The van der Waals surface area contributed by atoms with Gasteiger partial charge in [-0.3, -0.25) is 4.98 Å². The molecule has 0 bridgehead atoms. The molecule has 3 nitrogen and oxygen atoms in total. The first kappa shape index (κ1) is 26.1. The maximum atomic E-state index is 9.24. The molecule has 0 saturated heterocycles. The molecule has 0 N–H and O–H groups in total. The maximum absolute atomic E-state index is 9.24. The minimum absolute atomic E-state index is 0.665. The number of nitriles is 1. The molecule has 0 aliphatic heterocycles. The SMILES string of the molecule is N#Cc1ccc(-c2ccc(-c3ccc(-c4cc5cc6ccc7ccccc7c6nc5c5ncccc45)cc3)c3ccccc23)cc1. The highest BCUT2D eigenvalue weighted by Crippen LogP contribution is 2.39. The van der Waals surface area contributed by atoms with Gasteiger partial charge >= 0.3 is 0 Å². The summed E-state index contributed by atoms with van der Waals surface area (Å²) in [5, 5.41) is 17.3. The number of fused-ring (bicyclic) bond motifs is 7. The van der Waals surface area contributed by atoms with E-state index in [1.54, 1.807) is 0 Å². The zero-order valence-corrected chi connectivity index (χ0v) is 24.8. The number of hydrogen-bond donors (Lipinski definition) is 0. The van der Waals surface area contributed by atoms with Crippen LogP contribution in [0.25, 0.3) is 87.6 Å². The number of pyridine rings is 2. The van der Waals surface area contributed by atoms with E-state index in [-0.39, 0.29) is 0 Å². The largest absolute Gasteiger partial charge is 0.254 e. The van der Waals surface area contributed by atoms with E-state index in [1.165, 1.54) is 21.7 Å². The van der Waals surface area contributed by atoms with E-state index in [4.69, 9.17) is 9.97 Å². The van der Waals surface area contributed by atoms with Crippen molar-refractivity contribution in [2.45, 2.75) is 0 Å². The molecule has 7 aromatic carbocycles. The molecule has 0 unspecified atom stereocenters. The molecule has 0 aliphatic carbocycles. The van der Waals surface area contributed by atoms with Gasteiger partial charge < -0.3 is 0 Å². The van der Waals surface area contributed by atoms with Crippen LogP contribution in [0.3, 0.4) is 0 Å². The molecular weight excluding hydrogens is 558 g/mol. The lowest BCUT2D eigenvalue weighted by Crippen LogP contribution is -1.91. The summed E-state index contributed by atoms with van der Waals surface area (Å²) < 4.78 is 0. The molecule has 0 aliphatic rings. The Morgan fingerprint density at radius 1 is 0.413 bits per heavy atom. The van der Waals surface area contributed by atoms with Crippen molar-refractivity contribution in [3.05, 3.63) is 157 Å². The van der Waals surface area contributed by atoms with Gasteiger partial charge in [0, 0.05) is 27.7 Å². The van der Waals surface area contributed by atoms with Crippen LogP contribution in [0.2, 0.25) is 0 Å². The van der Waals surface area contributed by atoms with Crippen LogP contribution >= 0.6 is 0 Å². The number of rotatable bonds is 3. The third kappa shape index (κ3) is 4.13. The van der Waals surface area contributed by atoms with Crippen LogP contribution in [0.4, 0.5) is 0 Å². The molecule has 0 radical (unpaired) electrons. The van der Waals surface area contributed by atoms with Gasteiger partial charge in [0.2, 0.25) is 0 Å². The predicted molar refractivity (Wildman–Crippen MR) is 191 cm³/mol. The molecule has 3 heteroatoms. The van der Waals surface area contributed by atoms with E-state index in [0.29, 0.717) is 5.56 Å². The Kier molecular flexibility index (Phi) is 5.88. The molecule has 212 valence electrons. The van der Waals surface area contributed by atoms with Crippen LogP contribution < -0.4 is 0 Å². The molecule has 0 spiro atoms. The van der Waals surface area contributed by atoms with Gasteiger partial charge in [0.25, 0.3) is 0 Å². The van der Waals surface area contributed by atoms with Crippen molar-refractivity contribution in [3.8, 4) is 39.4 Å². The third-order valence-electron chi connectivity index (χ3n) is 9.12. The smallest absolute Gasteiger partial charge is 0.0991 e. The standard InChI is InChI=1S/C43H25N3/c44-26-27-11-13-29(14-12-27)34-21-22-35(38-9-4-3-8-37(34)38)30-15-17-31(18-16-30)40-25-33-24-32-20-19-28-6-1-2-7-36(28)41(32)46-42(33)43-39(40)10-5-23-45-43/h1-25H. The summed E-state index contributed by atoms with van der Waals surface area (Å²) in [6.45, 7) is 0. The first-order valence-electron chi connectivity index (χ1n) is 15.4. The quantitative estimate of drug-likeness (QED) is 0.154. The van der Waals surface area contributed by atoms with E-state index >= 15 is 0 Å². The topological polar surface area (TPSA) is 49.6 Å². The molecule has 9 aromatic rings. The van der Waals surface area contributed by atoms with Crippen LogP contribution in [0, 0.1) is 11.3 Å². The lowest BCUT2D eigenvalue weighted by molar-refractivity contribution is 1.40. The second-order valence-electron chi connectivity index (χ2n) is 11.7. The Morgan fingerprint density at radius 3 is 1.70 bits per heavy atom. The number of nitrogens with zero attached hydrogens (tertiary/aromatic N) is 3. The van der Waals surface area contributed by atoms with E-state index < -0.39 is 0 Å². The molecule has 0 atom stereocenters. The fourth-order valence-electron chi connectivity index (χ4n) is 6.86. The highest BCUT2D eigenvalue weighted by atomic mass is 14.7. The highest BCUT2D eigenvalue weighted by molar-refractivity contribution is 6.15. The van der Waals surface area contributed by atoms with Gasteiger partial charge in [0.1, 0.15) is 0 Å². The third-order valence-corrected chi connectivity index (χ3v) is 9.12. The lowest BCUT2D eigenvalue weighted by atomic mass is 9.90. The first-order valence-corrected chi connectivity index (χ1v) is 15.4. The minimum atomic E-state index is 0.665. The van der Waals surface area contributed by atoms with Crippen LogP contribution in [-0.4, -0.2) is 9.97 Å². The summed E-state index contributed by atoms with van der Waals surface area (Å²) >= 11 is 0. The van der Waals surface area contributed by atoms with E-state index in [0.717, 1.165) is 65.9 Å². The van der Waals surface area contributed by atoms with E-state index in [9.17, 15) is 5.26 Å². The van der Waals surface area contributed by atoms with Gasteiger partial charge in [-0.05, 0) is 79.9 Å². The van der Waals surface area contributed by atoms with Crippen molar-refractivity contribution >= 4 is 54.3 Å². The molecule has 46 heavy (non-hydrogen) atoms. The number of hydrogen-bond acceptors (Lipinski definition) is 3. The van der Waals surface area contributed by atoms with E-state index in [1.807, 2.05) is 36.5 Å². The molecule has 0 saturated carbocycles. The van der Waals surface area contributed by atoms with Crippen LogP contribution in [0.15, 0.2) is 152 Å². The van der Waals surface area contributed by atoms with Gasteiger partial charge in [-0.2, -0.15) is 5.26 Å². The summed E-state index contributed by atoms with van der Waals surface area (Å²) in [5.41, 5.74) is 10.4. The van der Waals surface area contributed by atoms with E-state index in [2.05, 4.69) is 121 Å². The van der Waals surface area contributed by atoms with Crippen LogP contribution in [0.5, 0.6) is 0 Å². The Balaban J connectivity index is 1.17. The lowest BCUT2D eigenvalue weighted by Gasteiger charge is -2.14. The molecule has 0 amide bonds. The highest BCUT2D eigenvalue weighted by Gasteiger charge is 2.14. The second-order valence-corrected chi connectivity index (χ2v) is 11.7. The normalized spacial score (nSPS) is 11.5. The molecule has 2 heterocycles. The summed E-state index contributed by atoms with van der Waals surface area (Å²) in [6.07, 6.45) is 1.86. The molecular formula is C43H25N3. The second kappa shape index (κ2) is 10.4. The summed E-state index contributed by atoms with van der Waals surface area (Å²) in [7, 11) is 0. The predicted octanol–water partition coefficient (Wildman–Crippen LogP) is 11.1.